The summed E-state index contributed by atoms with van der Waals surface area (Å²) in [6, 6.07) is 5.57. The number of nitrogens with one attached hydrogen (secondary N) is 1. The third-order valence-electron chi connectivity index (χ3n) is 5.35. The van der Waals surface area contributed by atoms with E-state index in [1.54, 1.807) is 13.3 Å². The largest absolute Gasteiger partial charge is 0.495 e. The van der Waals surface area contributed by atoms with Gasteiger partial charge in [-0.15, -0.1) is 0 Å². The Kier molecular flexibility index (Phi) is 7.87. The molecule has 1 aromatic heterocycles. The highest BCUT2D eigenvalue weighted by Gasteiger charge is 2.27. The summed E-state index contributed by atoms with van der Waals surface area (Å²) in [6.07, 6.45) is 5.74. The van der Waals surface area contributed by atoms with Gasteiger partial charge in [-0.25, -0.2) is 4.98 Å². The lowest BCUT2D eigenvalue weighted by atomic mass is 10.1. The normalized spacial score (nSPS) is 16.0. The molecule has 2 heterocycles. The molecule has 0 aliphatic carbocycles. The van der Waals surface area contributed by atoms with Crippen molar-refractivity contribution in [3.8, 4) is 5.75 Å². The molecule has 0 saturated carbocycles. The monoisotopic (exact) mass is 432 g/mol. The van der Waals surface area contributed by atoms with Crippen LogP contribution < -0.4 is 15.0 Å². The van der Waals surface area contributed by atoms with Crippen molar-refractivity contribution in [3.05, 3.63) is 40.5 Å². The van der Waals surface area contributed by atoms with Crippen LogP contribution in [0.3, 0.4) is 0 Å². The summed E-state index contributed by atoms with van der Waals surface area (Å²) in [6.45, 7) is 3.37. The molecular formula is C22H29ClN4O3. The van der Waals surface area contributed by atoms with Gasteiger partial charge in [0.1, 0.15) is 11.6 Å². The molecule has 0 radical (unpaired) electrons. The Hall–Kier alpha value is -2.38. The Balaban J connectivity index is 1.85. The number of ether oxygens (including phenoxy) is 1. The molecule has 1 atom stereocenters. The van der Waals surface area contributed by atoms with E-state index in [2.05, 4.69) is 22.2 Å². The van der Waals surface area contributed by atoms with Gasteiger partial charge >= 0.3 is 0 Å². The molecule has 1 aliphatic heterocycles. The second-order valence-corrected chi connectivity index (χ2v) is 7.86. The number of ketones is 1. The number of aliphatic hydroxyl groups excluding tert-OH is 1. The minimum atomic E-state index is 0.0138. The molecule has 0 bridgehead atoms. The van der Waals surface area contributed by atoms with Gasteiger partial charge in [-0.05, 0) is 37.0 Å². The van der Waals surface area contributed by atoms with E-state index in [9.17, 15) is 9.90 Å². The molecule has 2 aromatic rings. The van der Waals surface area contributed by atoms with Crippen molar-refractivity contribution in [1.29, 1.82) is 0 Å². The smallest absolute Gasteiger partial charge is 0.227 e. The average molecular weight is 433 g/mol. The lowest BCUT2D eigenvalue weighted by Crippen LogP contribution is -2.33. The molecule has 0 spiro atoms. The van der Waals surface area contributed by atoms with E-state index in [0.717, 1.165) is 37.8 Å². The predicted molar refractivity (Wildman–Crippen MR) is 119 cm³/mol. The van der Waals surface area contributed by atoms with Gasteiger partial charge in [-0.2, -0.15) is 4.98 Å². The summed E-state index contributed by atoms with van der Waals surface area (Å²) >= 11 is 6.23. The Labute approximate surface area is 182 Å². The predicted octanol–water partition coefficient (Wildman–Crippen LogP) is 4.08. The molecular weight excluding hydrogens is 404 g/mol. The van der Waals surface area contributed by atoms with Gasteiger partial charge < -0.3 is 20.1 Å². The topological polar surface area (TPSA) is 87.6 Å². The number of carbonyl (C=O) groups is 1. The number of anilines is 2. The van der Waals surface area contributed by atoms with Crippen molar-refractivity contribution in [1.82, 2.24) is 9.97 Å². The van der Waals surface area contributed by atoms with E-state index in [1.807, 2.05) is 23.1 Å². The lowest BCUT2D eigenvalue weighted by Gasteiger charge is -2.24. The molecule has 1 aliphatic rings. The number of methoxy groups -OCH3 is 1. The van der Waals surface area contributed by atoms with E-state index < -0.39 is 0 Å². The fourth-order valence-electron chi connectivity index (χ4n) is 3.62. The number of aliphatic hydroxyl groups is 1. The molecule has 162 valence electrons. The number of hydrogen-bond donors (Lipinski definition) is 2. The summed E-state index contributed by atoms with van der Waals surface area (Å²) in [4.78, 5) is 23.8. The lowest BCUT2D eigenvalue weighted by molar-refractivity contribution is 0.0980. The quantitative estimate of drug-likeness (QED) is 0.547. The standard InChI is InChI=1S/C22H29ClN4O3/c1-3-4-7-19(29)17-13-25-22(27-10-5-6-16(27)14-28)26-21(17)24-12-15-8-9-20(30-2)18(23)11-15/h8-9,11,13,16,28H,3-7,10,12,14H2,1-2H3,(H,24,25,26). The summed E-state index contributed by atoms with van der Waals surface area (Å²) in [5, 5.41) is 13.5. The number of halogens is 1. The zero-order chi connectivity index (χ0) is 21.5. The zero-order valence-corrected chi connectivity index (χ0v) is 18.3. The number of carbonyl (C=O) groups excluding carboxylic acids is 1. The molecule has 1 fully saturated rings. The first kappa shape index (κ1) is 22.3. The molecule has 1 aromatic carbocycles. The van der Waals surface area contributed by atoms with Crippen LogP contribution in [0.1, 0.15) is 54.9 Å². The van der Waals surface area contributed by atoms with Gasteiger partial charge in [0.25, 0.3) is 0 Å². The van der Waals surface area contributed by atoms with Crippen molar-refractivity contribution < 1.29 is 14.6 Å². The Morgan fingerprint density at radius 3 is 2.97 bits per heavy atom. The average Bonchev–Trinajstić information content (AvgIpc) is 3.25. The van der Waals surface area contributed by atoms with Crippen molar-refractivity contribution in [2.75, 3.05) is 30.5 Å². The van der Waals surface area contributed by atoms with E-state index in [1.165, 1.54) is 0 Å². The first-order valence-corrected chi connectivity index (χ1v) is 10.8. The molecule has 8 heteroatoms. The van der Waals surface area contributed by atoms with Crippen LogP contribution in [-0.2, 0) is 6.54 Å². The summed E-state index contributed by atoms with van der Waals surface area (Å²) < 4.78 is 5.20. The maximum atomic E-state index is 12.7. The van der Waals surface area contributed by atoms with E-state index in [0.29, 0.717) is 41.1 Å². The first-order valence-electron chi connectivity index (χ1n) is 10.4. The van der Waals surface area contributed by atoms with Crippen molar-refractivity contribution in [3.63, 3.8) is 0 Å². The summed E-state index contributed by atoms with van der Waals surface area (Å²) in [5.74, 6) is 1.69. The number of unbranched alkanes of at least 4 members (excludes halogenated alkanes) is 1. The molecule has 0 amide bonds. The highest BCUT2D eigenvalue weighted by molar-refractivity contribution is 6.32. The van der Waals surface area contributed by atoms with Crippen LogP contribution in [0.2, 0.25) is 5.02 Å². The number of benzene rings is 1. The molecule has 1 unspecified atom stereocenters. The van der Waals surface area contributed by atoms with Crippen LogP contribution in [0.4, 0.5) is 11.8 Å². The molecule has 7 nitrogen and oxygen atoms in total. The number of Topliss-reactive ketones (excluding diaryl/α,β-unsaturated/α-hetero) is 1. The Bertz CT molecular complexity index is 877. The van der Waals surface area contributed by atoms with Crippen LogP contribution in [0.25, 0.3) is 0 Å². The SMILES string of the molecule is CCCCC(=O)c1cnc(N2CCCC2CO)nc1NCc1ccc(OC)c(Cl)c1. The minimum absolute atomic E-state index is 0.0138. The molecule has 30 heavy (non-hydrogen) atoms. The van der Waals surface area contributed by atoms with Crippen molar-refractivity contribution in [2.24, 2.45) is 0 Å². The van der Waals surface area contributed by atoms with Crippen LogP contribution in [-0.4, -0.2) is 47.2 Å². The fraction of sp³-hybridized carbons (Fsp3) is 0.500. The maximum Gasteiger partial charge on any atom is 0.227 e. The first-order chi connectivity index (χ1) is 14.6. The maximum absolute atomic E-state index is 12.7. The van der Waals surface area contributed by atoms with Crippen LogP contribution in [0, 0.1) is 0 Å². The number of hydrogen-bond acceptors (Lipinski definition) is 7. The second kappa shape index (κ2) is 10.6. The molecule has 3 rings (SSSR count). The van der Waals surface area contributed by atoms with E-state index >= 15 is 0 Å². The fourth-order valence-corrected chi connectivity index (χ4v) is 3.90. The van der Waals surface area contributed by atoms with Crippen molar-refractivity contribution in [2.45, 2.75) is 51.6 Å². The van der Waals surface area contributed by atoms with Gasteiger partial charge in [0.2, 0.25) is 5.95 Å². The highest BCUT2D eigenvalue weighted by Crippen LogP contribution is 2.27. The van der Waals surface area contributed by atoms with Crippen molar-refractivity contribution >= 4 is 29.2 Å². The van der Waals surface area contributed by atoms with Crippen LogP contribution in [0.5, 0.6) is 5.75 Å². The van der Waals surface area contributed by atoms with Gasteiger partial charge in [0.15, 0.2) is 5.78 Å². The zero-order valence-electron chi connectivity index (χ0n) is 17.5. The number of aromatic nitrogens is 2. The summed E-state index contributed by atoms with van der Waals surface area (Å²) in [7, 11) is 1.58. The number of rotatable bonds is 10. The van der Waals surface area contributed by atoms with Crippen LogP contribution in [0.15, 0.2) is 24.4 Å². The minimum Gasteiger partial charge on any atom is -0.495 e. The van der Waals surface area contributed by atoms with Gasteiger partial charge in [0.05, 0.1) is 30.3 Å². The van der Waals surface area contributed by atoms with Gasteiger partial charge in [0, 0.05) is 25.7 Å². The molecule has 1 saturated heterocycles. The van der Waals surface area contributed by atoms with Crippen LogP contribution >= 0.6 is 11.6 Å². The third-order valence-corrected chi connectivity index (χ3v) is 5.65. The van der Waals surface area contributed by atoms with E-state index in [-0.39, 0.29) is 18.4 Å². The summed E-state index contributed by atoms with van der Waals surface area (Å²) in [5.41, 5.74) is 1.44. The van der Waals surface area contributed by atoms with Gasteiger partial charge in [-0.1, -0.05) is 31.0 Å². The highest BCUT2D eigenvalue weighted by atomic mass is 35.5. The van der Waals surface area contributed by atoms with Gasteiger partial charge in [-0.3, -0.25) is 4.79 Å². The second-order valence-electron chi connectivity index (χ2n) is 7.45. The Morgan fingerprint density at radius 2 is 2.27 bits per heavy atom. The number of nitrogens with zero attached hydrogens (tertiary/aromatic N) is 3. The Morgan fingerprint density at radius 1 is 1.43 bits per heavy atom. The molecule has 2 N–H and O–H groups in total. The van der Waals surface area contributed by atoms with E-state index in [4.69, 9.17) is 16.3 Å². The third kappa shape index (κ3) is 5.21.